The van der Waals surface area contributed by atoms with Crippen molar-refractivity contribution in [3.8, 4) is 22.6 Å². The van der Waals surface area contributed by atoms with Gasteiger partial charge in [0.15, 0.2) is 11.5 Å². The van der Waals surface area contributed by atoms with Crippen molar-refractivity contribution in [2.45, 2.75) is 26.4 Å². The highest BCUT2D eigenvalue weighted by Crippen LogP contribution is 2.37. The Morgan fingerprint density at radius 3 is 2.93 bits per heavy atom. The summed E-state index contributed by atoms with van der Waals surface area (Å²) < 4.78 is 5.84. The van der Waals surface area contributed by atoms with Crippen molar-refractivity contribution >= 4 is 0 Å². The van der Waals surface area contributed by atoms with Crippen LogP contribution in [0.4, 0.5) is 0 Å². The zero-order chi connectivity index (χ0) is 18.6. The van der Waals surface area contributed by atoms with Crippen LogP contribution in [0.1, 0.15) is 24.0 Å². The van der Waals surface area contributed by atoms with Gasteiger partial charge in [0.25, 0.3) is 0 Å². The van der Waals surface area contributed by atoms with Gasteiger partial charge in [-0.15, -0.1) is 0 Å². The molecule has 0 saturated heterocycles. The molecule has 1 aliphatic heterocycles. The lowest BCUT2D eigenvalue weighted by Gasteiger charge is -2.19. The van der Waals surface area contributed by atoms with Crippen molar-refractivity contribution in [3.63, 3.8) is 0 Å². The molecular weight excluding hydrogens is 340 g/mol. The number of phenolic OH excluding ortho intramolecular Hbond substituents is 1. The van der Waals surface area contributed by atoms with Gasteiger partial charge in [-0.25, -0.2) is 9.97 Å². The molecule has 0 fully saturated rings. The molecule has 0 amide bonds. The molecule has 138 valence electrons. The standard InChI is InChI=1S/C21H22N4O2/c1-2-20-23-7-5-18(24-20)14-25-8-9-27-21-17(13-25)10-16(11-19(21)26)15-4-3-6-22-12-15/h3-7,10-12,26H,2,8-9,13-14H2,1H3. The molecule has 6 heteroatoms. The average Bonchev–Trinajstić information content (AvgIpc) is 2.91. The number of ether oxygens (including phenoxy) is 1. The van der Waals surface area contributed by atoms with Gasteiger partial charge in [0.05, 0.1) is 5.69 Å². The Bertz CT molecular complexity index is 931. The van der Waals surface area contributed by atoms with E-state index in [-0.39, 0.29) is 5.75 Å². The van der Waals surface area contributed by atoms with E-state index in [9.17, 15) is 5.11 Å². The Balaban J connectivity index is 1.61. The minimum absolute atomic E-state index is 0.170. The largest absolute Gasteiger partial charge is 0.504 e. The van der Waals surface area contributed by atoms with Crippen LogP contribution < -0.4 is 4.74 Å². The molecule has 4 rings (SSSR count). The highest BCUT2D eigenvalue weighted by molar-refractivity contribution is 5.68. The molecule has 0 atom stereocenters. The number of aromatic nitrogens is 3. The third-order valence-corrected chi connectivity index (χ3v) is 4.65. The van der Waals surface area contributed by atoms with E-state index in [1.54, 1.807) is 18.5 Å². The first-order valence-electron chi connectivity index (χ1n) is 9.15. The van der Waals surface area contributed by atoms with Crippen molar-refractivity contribution in [3.05, 3.63) is 66.0 Å². The molecular formula is C21H22N4O2. The van der Waals surface area contributed by atoms with Gasteiger partial charge in [-0.3, -0.25) is 9.88 Å². The Morgan fingerprint density at radius 1 is 1.19 bits per heavy atom. The van der Waals surface area contributed by atoms with E-state index in [1.165, 1.54) is 0 Å². The molecule has 3 aromatic rings. The zero-order valence-electron chi connectivity index (χ0n) is 15.3. The molecule has 0 saturated carbocycles. The SMILES string of the molecule is CCc1nccc(CN2CCOc3c(O)cc(-c4cccnc4)cc3C2)n1. The maximum absolute atomic E-state index is 10.5. The average molecular weight is 362 g/mol. The summed E-state index contributed by atoms with van der Waals surface area (Å²) in [5.41, 5.74) is 3.86. The van der Waals surface area contributed by atoms with E-state index in [0.29, 0.717) is 18.9 Å². The van der Waals surface area contributed by atoms with Gasteiger partial charge in [-0.2, -0.15) is 0 Å². The number of pyridine rings is 1. The van der Waals surface area contributed by atoms with Crippen molar-refractivity contribution in [1.29, 1.82) is 0 Å². The van der Waals surface area contributed by atoms with Gasteiger partial charge in [-0.05, 0) is 29.8 Å². The van der Waals surface area contributed by atoms with Gasteiger partial charge in [0, 0.05) is 55.8 Å². The fourth-order valence-electron chi connectivity index (χ4n) is 3.32. The van der Waals surface area contributed by atoms with Crippen LogP contribution in [0.2, 0.25) is 0 Å². The van der Waals surface area contributed by atoms with E-state index in [2.05, 4.69) is 32.8 Å². The minimum Gasteiger partial charge on any atom is -0.504 e. The highest BCUT2D eigenvalue weighted by Gasteiger charge is 2.20. The Kier molecular flexibility index (Phi) is 4.98. The van der Waals surface area contributed by atoms with Gasteiger partial charge in [0.2, 0.25) is 0 Å². The first-order valence-corrected chi connectivity index (χ1v) is 9.15. The molecule has 2 aromatic heterocycles. The van der Waals surface area contributed by atoms with Gasteiger partial charge in [-0.1, -0.05) is 13.0 Å². The number of nitrogens with zero attached hydrogens (tertiary/aromatic N) is 4. The fourth-order valence-corrected chi connectivity index (χ4v) is 3.32. The van der Waals surface area contributed by atoms with E-state index < -0.39 is 0 Å². The van der Waals surface area contributed by atoms with E-state index in [1.807, 2.05) is 24.4 Å². The summed E-state index contributed by atoms with van der Waals surface area (Å²) in [6.07, 6.45) is 6.17. The zero-order valence-corrected chi connectivity index (χ0v) is 15.3. The summed E-state index contributed by atoms with van der Waals surface area (Å²) in [6, 6.07) is 9.64. The van der Waals surface area contributed by atoms with Crippen LogP contribution in [0.25, 0.3) is 11.1 Å². The molecule has 0 aliphatic carbocycles. The normalized spacial score (nSPS) is 14.3. The third-order valence-electron chi connectivity index (χ3n) is 4.65. The predicted molar refractivity (Wildman–Crippen MR) is 102 cm³/mol. The number of benzene rings is 1. The van der Waals surface area contributed by atoms with Gasteiger partial charge in [0.1, 0.15) is 12.4 Å². The number of rotatable bonds is 4. The molecule has 1 aliphatic rings. The highest BCUT2D eigenvalue weighted by atomic mass is 16.5. The molecule has 3 heterocycles. The molecule has 0 spiro atoms. The van der Waals surface area contributed by atoms with Crippen LogP contribution >= 0.6 is 0 Å². The second-order valence-corrected chi connectivity index (χ2v) is 6.60. The van der Waals surface area contributed by atoms with Crippen LogP contribution in [-0.4, -0.2) is 38.1 Å². The summed E-state index contributed by atoms with van der Waals surface area (Å²) in [5, 5.41) is 10.5. The third kappa shape index (κ3) is 3.90. The van der Waals surface area contributed by atoms with E-state index >= 15 is 0 Å². The Labute approximate surface area is 158 Å². The summed E-state index contributed by atoms with van der Waals surface area (Å²) in [5.74, 6) is 1.60. The first-order chi connectivity index (χ1) is 13.2. The smallest absolute Gasteiger partial charge is 0.165 e. The van der Waals surface area contributed by atoms with Crippen molar-refractivity contribution < 1.29 is 9.84 Å². The Morgan fingerprint density at radius 2 is 2.11 bits per heavy atom. The molecule has 1 aromatic carbocycles. The summed E-state index contributed by atoms with van der Waals surface area (Å²) in [7, 11) is 0. The lowest BCUT2D eigenvalue weighted by atomic mass is 10.0. The second kappa shape index (κ2) is 7.72. The molecule has 27 heavy (non-hydrogen) atoms. The molecule has 0 bridgehead atoms. The van der Waals surface area contributed by atoms with Gasteiger partial charge < -0.3 is 9.84 Å². The number of aromatic hydroxyl groups is 1. The van der Waals surface area contributed by atoms with Gasteiger partial charge >= 0.3 is 0 Å². The number of hydrogen-bond acceptors (Lipinski definition) is 6. The topological polar surface area (TPSA) is 71.4 Å². The van der Waals surface area contributed by atoms with E-state index in [4.69, 9.17) is 4.74 Å². The fraction of sp³-hybridized carbons (Fsp3) is 0.286. The lowest BCUT2D eigenvalue weighted by Crippen LogP contribution is -2.26. The molecule has 6 nitrogen and oxygen atoms in total. The molecule has 1 N–H and O–H groups in total. The van der Waals surface area contributed by atoms with Crippen LogP contribution in [-0.2, 0) is 19.5 Å². The first kappa shape index (κ1) is 17.4. The number of aryl methyl sites for hydroxylation is 1. The molecule has 0 radical (unpaired) electrons. The summed E-state index contributed by atoms with van der Waals surface area (Å²) in [6.45, 7) is 4.75. The van der Waals surface area contributed by atoms with Crippen LogP contribution in [0.15, 0.2) is 48.9 Å². The van der Waals surface area contributed by atoms with Crippen molar-refractivity contribution in [2.75, 3.05) is 13.2 Å². The monoisotopic (exact) mass is 362 g/mol. The number of phenols is 1. The molecule has 0 unspecified atom stereocenters. The van der Waals surface area contributed by atoms with E-state index in [0.717, 1.165) is 47.7 Å². The minimum atomic E-state index is 0.170. The predicted octanol–water partition coefficient (Wildman–Crippen LogP) is 3.20. The maximum Gasteiger partial charge on any atom is 0.165 e. The number of fused-ring (bicyclic) bond motifs is 1. The van der Waals surface area contributed by atoms with Crippen LogP contribution in [0.3, 0.4) is 0 Å². The van der Waals surface area contributed by atoms with Crippen molar-refractivity contribution in [2.24, 2.45) is 0 Å². The summed E-state index contributed by atoms with van der Waals surface area (Å²) >= 11 is 0. The number of hydrogen-bond donors (Lipinski definition) is 1. The maximum atomic E-state index is 10.5. The quantitative estimate of drug-likeness (QED) is 0.768. The van der Waals surface area contributed by atoms with Crippen LogP contribution in [0, 0.1) is 0 Å². The Hall–Kier alpha value is -2.99. The van der Waals surface area contributed by atoms with Crippen LogP contribution in [0.5, 0.6) is 11.5 Å². The summed E-state index contributed by atoms with van der Waals surface area (Å²) in [4.78, 5) is 15.3. The lowest BCUT2D eigenvalue weighted by molar-refractivity contribution is 0.215. The van der Waals surface area contributed by atoms with Crippen molar-refractivity contribution in [1.82, 2.24) is 19.9 Å². The second-order valence-electron chi connectivity index (χ2n) is 6.60.